The van der Waals surface area contributed by atoms with E-state index < -0.39 is 12.0 Å². The summed E-state index contributed by atoms with van der Waals surface area (Å²) in [5, 5.41) is 9.76. The highest BCUT2D eigenvalue weighted by Gasteiger charge is 2.41. The third kappa shape index (κ3) is 3.22. The molecule has 2 aromatic rings. The number of alkyl halides is 3. The molecule has 2 aliphatic heterocycles. The molecule has 0 aliphatic carbocycles. The average Bonchev–Trinajstić information content (AvgIpc) is 3.25. The number of piperidine rings is 1. The van der Waals surface area contributed by atoms with Gasteiger partial charge in [0.15, 0.2) is 0 Å². The smallest absolute Gasteiger partial charge is 0.338 e. The van der Waals surface area contributed by atoms with Gasteiger partial charge in [0, 0.05) is 44.3 Å². The molecule has 4 heterocycles. The van der Waals surface area contributed by atoms with E-state index >= 15 is 0 Å². The number of carbonyl (C=O) groups excluding carboxylic acids is 1. The summed E-state index contributed by atoms with van der Waals surface area (Å²) in [7, 11) is 0. The second-order valence-electron chi connectivity index (χ2n) is 7.07. The van der Waals surface area contributed by atoms with Gasteiger partial charge in [-0.2, -0.15) is 18.3 Å². The summed E-state index contributed by atoms with van der Waals surface area (Å²) in [5.74, 6) is -0.970. The van der Waals surface area contributed by atoms with Crippen LogP contribution < -0.4 is 5.32 Å². The first-order chi connectivity index (χ1) is 12.9. The molecule has 7 nitrogen and oxygen atoms in total. The SMILES string of the molecule is Cc1[nH]ncc1C(=O)N1CCC(c2nc(C(F)(F)F)n3c2CNCC3)CC1. The predicted molar refractivity (Wildman–Crippen MR) is 90.1 cm³/mol. The topological polar surface area (TPSA) is 78.8 Å². The maximum Gasteiger partial charge on any atom is 0.449 e. The highest BCUT2D eigenvalue weighted by atomic mass is 19.4. The van der Waals surface area contributed by atoms with Gasteiger partial charge in [-0.25, -0.2) is 4.98 Å². The number of carbonyl (C=O) groups is 1. The first kappa shape index (κ1) is 18.0. The van der Waals surface area contributed by atoms with Gasteiger partial charge in [0.25, 0.3) is 5.91 Å². The van der Waals surface area contributed by atoms with Gasteiger partial charge in [0.2, 0.25) is 5.82 Å². The Morgan fingerprint density at radius 1 is 1.26 bits per heavy atom. The number of aryl methyl sites for hydroxylation is 1. The molecule has 1 saturated heterocycles. The first-order valence-electron chi connectivity index (χ1n) is 9.02. The van der Waals surface area contributed by atoms with Crippen LogP contribution in [0.15, 0.2) is 6.20 Å². The number of rotatable bonds is 2. The highest BCUT2D eigenvalue weighted by Crippen LogP contribution is 2.36. The molecule has 146 valence electrons. The number of imidazole rings is 1. The summed E-state index contributed by atoms with van der Waals surface area (Å²) >= 11 is 0. The van der Waals surface area contributed by atoms with E-state index in [4.69, 9.17) is 0 Å². The monoisotopic (exact) mass is 382 g/mol. The molecule has 1 amide bonds. The summed E-state index contributed by atoms with van der Waals surface area (Å²) in [6.45, 7) is 3.95. The zero-order valence-corrected chi connectivity index (χ0v) is 14.9. The molecule has 2 N–H and O–H groups in total. The fourth-order valence-electron chi connectivity index (χ4n) is 3.97. The molecule has 4 rings (SSSR count). The minimum atomic E-state index is -4.46. The van der Waals surface area contributed by atoms with E-state index in [0.717, 1.165) is 0 Å². The number of aromatic amines is 1. The lowest BCUT2D eigenvalue weighted by molar-refractivity contribution is -0.147. The number of hydrogen-bond acceptors (Lipinski definition) is 4. The molecule has 0 aromatic carbocycles. The van der Waals surface area contributed by atoms with Crippen LogP contribution in [0.25, 0.3) is 0 Å². The van der Waals surface area contributed by atoms with Crippen molar-refractivity contribution in [2.75, 3.05) is 19.6 Å². The van der Waals surface area contributed by atoms with Crippen molar-refractivity contribution in [2.45, 2.75) is 44.9 Å². The molecule has 0 saturated carbocycles. The Kier molecular flexibility index (Phi) is 4.45. The van der Waals surface area contributed by atoms with Crippen molar-refractivity contribution >= 4 is 5.91 Å². The summed E-state index contributed by atoms with van der Waals surface area (Å²) in [4.78, 5) is 18.3. The van der Waals surface area contributed by atoms with Crippen molar-refractivity contribution in [1.82, 2.24) is 30.0 Å². The molecule has 0 spiro atoms. The van der Waals surface area contributed by atoms with Crippen LogP contribution in [-0.4, -0.2) is 50.2 Å². The molecule has 2 aliphatic rings. The van der Waals surface area contributed by atoms with E-state index in [0.29, 0.717) is 61.7 Å². The van der Waals surface area contributed by atoms with Gasteiger partial charge in [-0.15, -0.1) is 0 Å². The Morgan fingerprint density at radius 3 is 2.63 bits per heavy atom. The number of likely N-dealkylation sites (tertiary alicyclic amines) is 1. The Morgan fingerprint density at radius 2 is 2.00 bits per heavy atom. The summed E-state index contributed by atoms with van der Waals surface area (Å²) in [6.07, 6.45) is -1.75. The van der Waals surface area contributed by atoms with E-state index in [1.165, 1.54) is 10.8 Å². The number of hydrogen-bond donors (Lipinski definition) is 2. The van der Waals surface area contributed by atoms with Gasteiger partial charge >= 0.3 is 6.18 Å². The molecule has 0 unspecified atom stereocenters. The number of amides is 1. The number of nitrogens with one attached hydrogen (secondary N) is 2. The Balaban J connectivity index is 1.53. The molecular weight excluding hydrogens is 361 g/mol. The Hall–Kier alpha value is -2.36. The lowest BCUT2D eigenvalue weighted by Gasteiger charge is -2.32. The predicted octanol–water partition coefficient (Wildman–Crippen LogP) is 2.06. The van der Waals surface area contributed by atoms with Crippen LogP contribution in [0.5, 0.6) is 0 Å². The fourth-order valence-corrected chi connectivity index (χ4v) is 3.97. The first-order valence-corrected chi connectivity index (χ1v) is 9.02. The number of halogens is 3. The van der Waals surface area contributed by atoms with Crippen molar-refractivity contribution < 1.29 is 18.0 Å². The summed E-state index contributed by atoms with van der Waals surface area (Å²) < 4.78 is 41.4. The second kappa shape index (κ2) is 6.66. The standard InChI is InChI=1S/C17H21F3N6O/c1-10-12(8-22-24-10)15(27)25-5-2-11(3-6-25)14-13-9-21-4-7-26(13)16(23-14)17(18,19)20/h8,11,21H,2-7,9H2,1H3,(H,22,24). The van der Waals surface area contributed by atoms with E-state index in [1.807, 2.05) is 0 Å². The molecule has 0 bridgehead atoms. The van der Waals surface area contributed by atoms with Crippen LogP contribution in [0.1, 0.15) is 52.0 Å². The van der Waals surface area contributed by atoms with Crippen LogP contribution in [0, 0.1) is 6.92 Å². The van der Waals surface area contributed by atoms with Crippen LogP contribution in [0.4, 0.5) is 13.2 Å². The van der Waals surface area contributed by atoms with Crippen molar-refractivity contribution in [3.05, 3.63) is 34.7 Å². The van der Waals surface area contributed by atoms with Gasteiger partial charge in [0.05, 0.1) is 23.1 Å². The van der Waals surface area contributed by atoms with Crippen molar-refractivity contribution in [1.29, 1.82) is 0 Å². The number of nitrogens with zero attached hydrogens (tertiary/aromatic N) is 4. The third-order valence-corrected chi connectivity index (χ3v) is 5.39. The highest BCUT2D eigenvalue weighted by molar-refractivity contribution is 5.95. The molecular formula is C17H21F3N6O. The maximum absolute atomic E-state index is 13.4. The minimum Gasteiger partial charge on any atom is -0.338 e. The van der Waals surface area contributed by atoms with Crippen LogP contribution >= 0.6 is 0 Å². The van der Waals surface area contributed by atoms with Crippen LogP contribution in [0.2, 0.25) is 0 Å². The van der Waals surface area contributed by atoms with Gasteiger partial charge in [-0.3, -0.25) is 9.89 Å². The molecule has 27 heavy (non-hydrogen) atoms. The van der Waals surface area contributed by atoms with Gasteiger partial charge in [-0.05, 0) is 19.8 Å². The van der Waals surface area contributed by atoms with E-state index in [9.17, 15) is 18.0 Å². The maximum atomic E-state index is 13.4. The lowest BCUT2D eigenvalue weighted by Crippen LogP contribution is -2.38. The van der Waals surface area contributed by atoms with E-state index in [-0.39, 0.29) is 18.4 Å². The largest absolute Gasteiger partial charge is 0.449 e. The number of aromatic nitrogens is 4. The molecule has 0 atom stereocenters. The summed E-state index contributed by atoms with van der Waals surface area (Å²) in [5.41, 5.74) is 2.41. The number of H-pyrrole nitrogens is 1. The van der Waals surface area contributed by atoms with Gasteiger partial charge < -0.3 is 14.8 Å². The van der Waals surface area contributed by atoms with Gasteiger partial charge in [-0.1, -0.05) is 0 Å². The van der Waals surface area contributed by atoms with Crippen molar-refractivity contribution in [3.8, 4) is 0 Å². The molecule has 10 heteroatoms. The zero-order valence-electron chi connectivity index (χ0n) is 14.9. The van der Waals surface area contributed by atoms with Crippen LogP contribution in [-0.2, 0) is 19.3 Å². The van der Waals surface area contributed by atoms with E-state index in [1.54, 1.807) is 11.8 Å². The summed E-state index contributed by atoms with van der Waals surface area (Å²) in [6, 6.07) is 0. The number of fused-ring (bicyclic) bond motifs is 1. The Labute approximate surface area is 153 Å². The molecule has 0 radical (unpaired) electrons. The van der Waals surface area contributed by atoms with Crippen molar-refractivity contribution in [3.63, 3.8) is 0 Å². The quantitative estimate of drug-likeness (QED) is 0.833. The minimum absolute atomic E-state index is 0.0725. The van der Waals surface area contributed by atoms with Crippen LogP contribution in [0.3, 0.4) is 0 Å². The second-order valence-corrected chi connectivity index (χ2v) is 7.07. The average molecular weight is 382 g/mol. The molecule has 1 fully saturated rings. The van der Waals surface area contributed by atoms with Crippen molar-refractivity contribution in [2.24, 2.45) is 0 Å². The van der Waals surface area contributed by atoms with Gasteiger partial charge in [0.1, 0.15) is 0 Å². The fraction of sp³-hybridized carbons (Fsp3) is 0.588. The third-order valence-electron chi connectivity index (χ3n) is 5.39. The lowest BCUT2D eigenvalue weighted by atomic mass is 9.91. The zero-order chi connectivity index (χ0) is 19.2. The van der Waals surface area contributed by atoms with E-state index in [2.05, 4.69) is 20.5 Å². The Bertz CT molecular complexity index is 847. The normalized spacial score (nSPS) is 18.6. The molecule has 2 aromatic heterocycles.